The summed E-state index contributed by atoms with van der Waals surface area (Å²) in [6, 6.07) is 16.6. The summed E-state index contributed by atoms with van der Waals surface area (Å²) in [7, 11) is 0. The summed E-state index contributed by atoms with van der Waals surface area (Å²) in [4.78, 5) is 0. The molecule has 2 aromatic rings. The van der Waals surface area contributed by atoms with Crippen molar-refractivity contribution in [3.05, 3.63) is 88.6 Å². The van der Waals surface area contributed by atoms with Crippen LogP contribution in [-0.4, -0.2) is 5.21 Å². The highest BCUT2D eigenvalue weighted by Crippen LogP contribution is 2.34. The summed E-state index contributed by atoms with van der Waals surface area (Å²) in [6.07, 6.45) is 8.09. The van der Waals surface area contributed by atoms with Crippen LogP contribution in [0.1, 0.15) is 29.2 Å². The van der Waals surface area contributed by atoms with Crippen LogP contribution >= 0.6 is 0 Å². The van der Waals surface area contributed by atoms with Gasteiger partial charge in [-0.2, -0.15) is 0 Å². The molecule has 0 fully saturated rings. The van der Waals surface area contributed by atoms with Crippen LogP contribution in [-0.2, 0) is 0 Å². The fourth-order valence-corrected chi connectivity index (χ4v) is 2.59. The van der Waals surface area contributed by atoms with Gasteiger partial charge in [0.25, 0.3) is 0 Å². The maximum Gasteiger partial charge on any atom is 0.0565 e. The van der Waals surface area contributed by atoms with Crippen LogP contribution in [0.4, 0.5) is 0 Å². The minimum absolute atomic E-state index is 0.677. The lowest BCUT2D eigenvalue weighted by Gasteiger charge is -2.12. The summed E-state index contributed by atoms with van der Waals surface area (Å²) in [5, 5.41) is 9.24. The predicted octanol–water partition coefficient (Wildman–Crippen LogP) is 4.48. The first kappa shape index (κ1) is 13.4. The molecule has 0 unspecified atom stereocenters. The highest BCUT2D eigenvalue weighted by atomic mass is 16.5. The molecule has 1 aliphatic rings. The van der Waals surface area contributed by atoms with E-state index in [0.717, 1.165) is 16.7 Å². The molecule has 2 aromatic carbocycles. The molecule has 0 aliphatic heterocycles. The second-order valence-corrected chi connectivity index (χ2v) is 4.92. The Morgan fingerprint density at radius 2 is 1.43 bits per heavy atom. The Morgan fingerprint density at radius 1 is 0.905 bits per heavy atom. The van der Waals surface area contributed by atoms with Crippen LogP contribution in [0.25, 0.3) is 17.7 Å². The summed E-state index contributed by atoms with van der Waals surface area (Å²) in [6.45, 7) is 1.89. The van der Waals surface area contributed by atoms with Crippen molar-refractivity contribution >= 4 is 17.7 Å². The molecule has 0 saturated carbocycles. The van der Waals surface area contributed by atoms with Crippen LogP contribution in [0.5, 0.6) is 0 Å². The molecule has 21 heavy (non-hydrogen) atoms. The Labute approximate surface area is 124 Å². The molecule has 0 atom stereocenters. The quantitative estimate of drug-likeness (QED) is 0.676. The largest absolute Gasteiger partial charge is 0.291 e. The number of fused-ring (bicyclic) bond motifs is 2. The van der Waals surface area contributed by atoms with Gasteiger partial charge in [0.2, 0.25) is 0 Å². The van der Waals surface area contributed by atoms with Gasteiger partial charge in [-0.15, -0.1) is 0 Å². The fourth-order valence-electron chi connectivity index (χ4n) is 2.59. The average Bonchev–Trinajstić information content (AvgIpc) is 2.70. The topological polar surface area (TPSA) is 32.3 Å². The van der Waals surface area contributed by atoms with E-state index in [1.54, 1.807) is 0 Å². The molecule has 0 spiro atoms. The zero-order valence-corrected chi connectivity index (χ0v) is 11.9. The number of hydroxylamine groups is 1. The molecule has 0 aromatic heterocycles. The zero-order chi connectivity index (χ0) is 14.7. The minimum Gasteiger partial charge on any atom is -0.291 e. The number of rotatable bonds is 2. The lowest BCUT2D eigenvalue weighted by Crippen LogP contribution is -2.05. The second-order valence-electron chi connectivity index (χ2n) is 4.92. The Bertz CT molecular complexity index is 702. The van der Waals surface area contributed by atoms with Crippen LogP contribution in [0.3, 0.4) is 0 Å². The molecular formula is C19H17NO. The Balaban J connectivity index is 2.29. The smallest absolute Gasteiger partial charge is 0.0565 e. The van der Waals surface area contributed by atoms with Crippen LogP contribution in [0.2, 0.25) is 0 Å². The van der Waals surface area contributed by atoms with Gasteiger partial charge in [-0.25, -0.2) is 0 Å². The van der Waals surface area contributed by atoms with E-state index < -0.39 is 0 Å². The van der Waals surface area contributed by atoms with Crippen LogP contribution < -0.4 is 5.48 Å². The lowest BCUT2D eigenvalue weighted by atomic mass is 9.93. The third-order valence-corrected chi connectivity index (χ3v) is 3.68. The standard InChI is InChI=1S/C19H17NO/c1-2-16(20-21)13-19-17-9-5-3-7-14(17)11-12-15-8-4-6-10-18(15)19/h2-13,20-21H,1H3. The lowest BCUT2D eigenvalue weighted by molar-refractivity contribution is 0.204. The molecule has 2 heteroatoms. The van der Waals surface area contributed by atoms with E-state index in [4.69, 9.17) is 0 Å². The first-order chi connectivity index (χ1) is 10.3. The van der Waals surface area contributed by atoms with E-state index in [-0.39, 0.29) is 0 Å². The van der Waals surface area contributed by atoms with E-state index in [1.165, 1.54) is 11.1 Å². The van der Waals surface area contributed by atoms with Crippen molar-refractivity contribution in [2.75, 3.05) is 0 Å². The van der Waals surface area contributed by atoms with E-state index in [0.29, 0.717) is 5.70 Å². The predicted molar refractivity (Wildman–Crippen MR) is 87.6 cm³/mol. The Kier molecular flexibility index (Phi) is 3.71. The van der Waals surface area contributed by atoms with Crippen LogP contribution in [0, 0.1) is 0 Å². The molecule has 1 aliphatic carbocycles. The average molecular weight is 275 g/mol. The third kappa shape index (κ3) is 2.54. The van der Waals surface area contributed by atoms with E-state index >= 15 is 0 Å². The molecule has 0 heterocycles. The molecule has 0 bridgehead atoms. The highest BCUT2D eigenvalue weighted by molar-refractivity contribution is 5.94. The monoisotopic (exact) mass is 275 g/mol. The first-order valence-corrected chi connectivity index (χ1v) is 6.98. The Morgan fingerprint density at radius 3 is 1.90 bits per heavy atom. The molecule has 2 nitrogen and oxygen atoms in total. The minimum atomic E-state index is 0.677. The maximum absolute atomic E-state index is 9.24. The molecule has 0 radical (unpaired) electrons. The van der Waals surface area contributed by atoms with Gasteiger partial charge in [-0.3, -0.25) is 10.7 Å². The third-order valence-electron chi connectivity index (χ3n) is 3.68. The van der Waals surface area contributed by atoms with Gasteiger partial charge in [0, 0.05) is 0 Å². The molecule has 3 rings (SSSR count). The molecule has 0 amide bonds. The molecule has 0 saturated heterocycles. The molecular weight excluding hydrogens is 258 g/mol. The van der Waals surface area contributed by atoms with Gasteiger partial charge in [-0.05, 0) is 40.8 Å². The summed E-state index contributed by atoms with van der Waals surface area (Å²) >= 11 is 0. The van der Waals surface area contributed by atoms with Gasteiger partial charge in [0.15, 0.2) is 0 Å². The van der Waals surface area contributed by atoms with E-state index in [9.17, 15) is 5.21 Å². The highest BCUT2D eigenvalue weighted by Gasteiger charge is 2.14. The van der Waals surface area contributed by atoms with Crippen molar-refractivity contribution in [1.82, 2.24) is 5.48 Å². The number of hydrogen-bond acceptors (Lipinski definition) is 2. The first-order valence-electron chi connectivity index (χ1n) is 6.98. The van der Waals surface area contributed by atoms with Crippen molar-refractivity contribution in [3.63, 3.8) is 0 Å². The van der Waals surface area contributed by atoms with E-state index in [2.05, 4.69) is 41.9 Å². The summed E-state index contributed by atoms with van der Waals surface area (Å²) in [5.74, 6) is 0. The SMILES string of the molecule is CC=C(C=C1c2ccccc2C=Cc2ccccc21)NO. The molecule has 104 valence electrons. The Hall–Kier alpha value is -2.58. The second kappa shape index (κ2) is 5.81. The van der Waals surface area contributed by atoms with Crippen molar-refractivity contribution in [2.24, 2.45) is 0 Å². The van der Waals surface area contributed by atoms with Gasteiger partial charge in [0.1, 0.15) is 0 Å². The van der Waals surface area contributed by atoms with E-state index in [1.807, 2.05) is 43.3 Å². The fraction of sp³-hybridized carbons (Fsp3) is 0.0526. The number of allylic oxidation sites excluding steroid dienone is 2. The van der Waals surface area contributed by atoms with Gasteiger partial charge in [0.05, 0.1) is 5.70 Å². The van der Waals surface area contributed by atoms with Gasteiger partial charge < -0.3 is 0 Å². The van der Waals surface area contributed by atoms with Crippen molar-refractivity contribution in [2.45, 2.75) is 6.92 Å². The number of hydrogen-bond donors (Lipinski definition) is 2. The van der Waals surface area contributed by atoms with Crippen molar-refractivity contribution in [3.8, 4) is 0 Å². The van der Waals surface area contributed by atoms with Gasteiger partial charge in [-0.1, -0.05) is 66.8 Å². The zero-order valence-electron chi connectivity index (χ0n) is 11.9. The summed E-state index contributed by atoms with van der Waals surface area (Å²) < 4.78 is 0. The van der Waals surface area contributed by atoms with Crippen LogP contribution in [0.15, 0.2) is 66.4 Å². The van der Waals surface area contributed by atoms with Crippen molar-refractivity contribution < 1.29 is 5.21 Å². The maximum atomic E-state index is 9.24. The normalized spacial score (nSPS) is 13.2. The van der Waals surface area contributed by atoms with Gasteiger partial charge >= 0.3 is 0 Å². The summed E-state index contributed by atoms with van der Waals surface area (Å²) in [5.41, 5.74) is 8.69. The van der Waals surface area contributed by atoms with Crippen molar-refractivity contribution in [1.29, 1.82) is 0 Å². The molecule has 2 N–H and O–H groups in total. The number of benzene rings is 2. The number of nitrogens with one attached hydrogen (secondary N) is 1.